The molecule has 0 saturated carbocycles. The van der Waals surface area contributed by atoms with Crippen molar-refractivity contribution in [2.45, 2.75) is 6.92 Å². The van der Waals surface area contributed by atoms with Crippen molar-refractivity contribution < 1.29 is 14.7 Å². The Hall–Kier alpha value is -2.73. The number of nitrogens with one attached hydrogen (secondary N) is 1. The van der Waals surface area contributed by atoms with Crippen LogP contribution in [0.3, 0.4) is 0 Å². The molecule has 2 N–H and O–H groups in total. The van der Waals surface area contributed by atoms with Crippen molar-refractivity contribution in [3.63, 3.8) is 0 Å². The number of carboxylic acid groups (broad SMARTS) is 1. The Morgan fingerprint density at radius 1 is 1.32 bits per heavy atom. The van der Waals surface area contributed by atoms with Crippen LogP contribution >= 0.6 is 11.6 Å². The second kappa shape index (κ2) is 6.82. The molecule has 0 saturated heterocycles. The van der Waals surface area contributed by atoms with E-state index in [1.807, 2.05) is 0 Å². The maximum absolute atomic E-state index is 11.3. The number of aromatic nitrogens is 2. The van der Waals surface area contributed by atoms with Crippen LogP contribution in [-0.4, -0.2) is 27.0 Å². The lowest BCUT2D eigenvalue weighted by Crippen LogP contribution is -2.07. The van der Waals surface area contributed by atoms with Gasteiger partial charge in [-0.3, -0.25) is 14.8 Å². The van der Waals surface area contributed by atoms with Crippen molar-refractivity contribution in [2.24, 2.45) is 0 Å². The lowest BCUT2D eigenvalue weighted by molar-refractivity contribution is -0.131. The Labute approximate surface area is 131 Å². The minimum Gasteiger partial charge on any atom is -0.478 e. The second-order valence-corrected chi connectivity index (χ2v) is 4.77. The summed E-state index contributed by atoms with van der Waals surface area (Å²) in [5.41, 5.74) is 2.06. The summed E-state index contributed by atoms with van der Waals surface area (Å²) in [5.74, 6) is -1.38. The van der Waals surface area contributed by atoms with Gasteiger partial charge in [0, 0.05) is 36.6 Å². The fourth-order valence-corrected chi connectivity index (χ4v) is 2.08. The summed E-state index contributed by atoms with van der Waals surface area (Å²) in [6.45, 7) is 1.36. The predicted octanol–water partition coefficient (Wildman–Crippen LogP) is 2.85. The number of rotatable bonds is 4. The van der Waals surface area contributed by atoms with Gasteiger partial charge in [-0.1, -0.05) is 11.6 Å². The van der Waals surface area contributed by atoms with E-state index in [9.17, 15) is 9.59 Å². The van der Waals surface area contributed by atoms with Gasteiger partial charge < -0.3 is 10.4 Å². The zero-order valence-corrected chi connectivity index (χ0v) is 12.3. The first kappa shape index (κ1) is 15.7. The molecule has 2 rings (SSSR count). The fourth-order valence-electron chi connectivity index (χ4n) is 1.82. The first-order valence-electron chi connectivity index (χ1n) is 6.26. The molecule has 1 heterocycles. The van der Waals surface area contributed by atoms with E-state index < -0.39 is 5.97 Å². The van der Waals surface area contributed by atoms with E-state index in [-0.39, 0.29) is 5.91 Å². The van der Waals surface area contributed by atoms with Crippen LogP contribution in [0, 0.1) is 0 Å². The van der Waals surface area contributed by atoms with Crippen LogP contribution < -0.4 is 5.32 Å². The van der Waals surface area contributed by atoms with Crippen molar-refractivity contribution in [1.29, 1.82) is 0 Å². The minimum atomic E-state index is -1.09. The quantitative estimate of drug-likeness (QED) is 0.846. The van der Waals surface area contributed by atoms with Gasteiger partial charge in [-0.05, 0) is 23.8 Å². The highest BCUT2D eigenvalue weighted by atomic mass is 35.5. The van der Waals surface area contributed by atoms with Crippen molar-refractivity contribution in [3.8, 4) is 11.3 Å². The van der Waals surface area contributed by atoms with E-state index in [1.165, 1.54) is 25.4 Å². The van der Waals surface area contributed by atoms with Crippen LogP contribution in [0.5, 0.6) is 0 Å². The second-order valence-electron chi connectivity index (χ2n) is 4.36. The highest BCUT2D eigenvalue weighted by Crippen LogP contribution is 2.32. The fraction of sp³-hybridized carbons (Fsp3) is 0.0667. The van der Waals surface area contributed by atoms with Crippen molar-refractivity contribution in [3.05, 3.63) is 47.4 Å². The summed E-state index contributed by atoms with van der Waals surface area (Å²) in [5, 5.41) is 11.8. The Balaban J connectivity index is 2.56. The number of carbonyl (C=O) groups excluding carboxylic acids is 1. The van der Waals surface area contributed by atoms with E-state index in [0.29, 0.717) is 27.5 Å². The lowest BCUT2D eigenvalue weighted by Gasteiger charge is -2.11. The van der Waals surface area contributed by atoms with Crippen LogP contribution in [0.4, 0.5) is 5.69 Å². The highest BCUT2D eigenvalue weighted by Gasteiger charge is 2.11. The molecule has 0 aliphatic rings. The number of halogens is 1. The molecule has 7 heteroatoms. The SMILES string of the molecule is CC(=O)Nc1cc(Cl)c(-c2cnccn2)cc1/C=C/C(=O)O. The minimum absolute atomic E-state index is 0.284. The van der Waals surface area contributed by atoms with Crippen molar-refractivity contribution >= 4 is 35.2 Å². The third-order valence-corrected chi connectivity index (χ3v) is 3.01. The summed E-state index contributed by atoms with van der Waals surface area (Å²) in [6.07, 6.45) is 6.97. The van der Waals surface area contributed by atoms with Gasteiger partial charge in [-0.15, -0.1) is 0 Å². The molecular weight excluding hydrogens is 306 g/mol. The number of anilines is 1. The molecule has 0 radical (unpaired) electrons. The van der Waals surface area contributed by atoms with Gasteiger partial charge in [0.25, 0.3) is 0 Å². The van der Waals surface area contributed by atoms with E-state index in [1.54, 1.807) is 18.3 Å². The Bertz CT molecular complexity index is 745. The largest absolute Gasteiger partial charge is 0.478 e. The summed E-state index contributed by atoms with van der Waals surface area (Å²) in [6, 6.07) is 3.20. The number of nitrogens with zero attached hydrogens (tertiary/aromatic N) is 2. The normalized spacial score (nSPS) is 10.6. The van der Waals surface area contributed by atoms with Crippen LogP contribution in [0.1, 0.15) is 12.5 Å². The Morgan fingerprint density at radius 2 is 2.09 bits per heavy atom. The first-order chi connectivity index (χ1) is 10.5. The number of carbonyl (C=O) groups is 2. The molecule has 2 aromatic rings. The van der Waals surface area contributed by atoms with Gasteiger partial charge in [0.15, 0.2) is 0 Å². The molecule has 0 aliphatic heterocycles. The molecule has 112 valence electrons. The summed E-state index contributed by atoms with van der Waals surface area (Å²) >= 11 is 6.22. The smallest absolute Gasteiger partial charge is 0.328 e. The lowest BCUT2D eigenvalue weighted by atomic mass is 10.1. The molecule has 0 spiro atoms. The number of benzene rings is 1. The monoisotopic (exact) mass is 317 g/mol. The van der Waals surface area contributed by atoms with Crippen LogP contribution in [-0.2, 0) is 9.59 Å². The van der Waals surface area contributed by atoms with Crippen LogP contribution in [0.15, 0.2) is 36.8 Å². The van der Waals surface area contributed by atoms with Crippen molar-refractivity contribution in [2.75, 3.05) is 5.32 Å². The molecule has 1 aromatic heterocycles. The molecular formula is C15H12ClN3O3. The molecule has 6 nitrogen and oxygen atoms in total. The summed E-state index contributed by atoms with van der Waals surface area (Å²) in [7, 11) is 0. The molecule has 22 heavy (non-hydrogen) atoms. The number of hydrogen-bond donors (Lipinski definition) is 2. The van der Waals surface area contributed by atoms with Gasteiger partial charge >= 0.3 is 5.97 Å². The van der Waals surface area contributed by atoms with E-state index in [4.69, 9.17) is 16.7 Å². The number of aliphatic carboxylic acids is 1. The zero-order chi connectivity index (χ0) is 16.1. The molecule has 0 atom stereocenters. The highest BCUT2D eigenvalue weighted by molar-refractivity contribution is 6.33. The van der Waals surface area contributed by atoms with Gasteiger partial charge in [0.1, 0.15) is 0 Å². The third-order valence-electron chi connectivity index (χ3n) is 2.69. The standard InChI is InChI=1S/C15H12ClN3O3/c1-9(20)19-13-7-12(16)11(14-8-17-4-5-18-14)6-10(13)2-3-15(21)22/h2-8H,1H3,(H,19,20)(H,21,22)/b3-2+. The molecule has 0 aliphatic carbocycles. The van der Waals surface area contributed by atoms with Gasteiger partial charge in [-0.25, -0.2) is 4.79 Å². The van der Waals surface area contributed by atoms with Gasteiger partial charge in [0.2, 0.25) is 5.91 Å². The van der Waals surface area contributed by atoms with E-state index in [0.717, 1.165) is 6.08 Å². The Morgan fingerprint density at radius 3 is 2.68 bits per heavy atom. The summed E-state index contributed by atoms with van der Waals surface area (Å²) < 4.78 is 0. The zero-order valence-electron chi connectivity index (χ0n) is 11.6. The first-order valence-corrected chi connectivity index (χ1v) is 6.63. The van der Waals surface area contributed by atoms with E-state index >= 15 is 0 Å². The summed E-state index contributed by atoms with van der Waals surface area (Å²) in [4.78, 5) is 30.1. The van der Waals surface area contributed by atoms with Gasteiger partial charge in [0.05, 0.1) is 16.9 Å². The molecule has 0 fully saturated rings. The third kappa shape index (κ3) is 3.89. The molecule has 0 unspecified atom stereocenters. The van der Waals surface area contributed by atoms with Gasteiger partial charge in [-0.2, -0.15) is 0 Å². The molecule has 0 bridgehead atoms. The maximum atomic E-state index is 11.3. The van der Waals surface area contributed by atoms with Crippen molar-refractivity contribution in [1.82, 2.24) is 9.97 Å². The molecule has 1 amide bonds. The maximum Gasteiger partial charge on any atom is 0.328 e. The number of hydrogen-bond acceptors (Lipinski definition) is 4. The van der Waals surface area contributed by atoms with Crippen LogP contribution in [0.25, 0.3) is 17.3 Å². The average Bonchev–Trinajstić information content (AvgIpc) is 2.46. The Kier molecular flexibility index (Phi) is 4.85. The molecule has 1 aromatic carbocycles. The van der Waals surface area contributed by atoms with E-state index in [2.05, 4.69) is 15.3 Å². The van der Waals surface area contributed by atoms with Crippen LogP contribution in [0.2, 0.25) is 5.02 Å². The number of amides is 1. The predicted molar refractivity (Wildman–Crippen MR) is 83.5 cm³/mol. The number of carboxylic acids is 1. The average molecular weight is 318 g/mol. The topological polar surface area (TPSA) is 92.2 Å².